The Morgan fingerprint density at radius 3 is 2.71 bits per heavy atom. The Morgan fingerprint density at radius 2 is 2.21 bits per heavy atom. The lowest BCUT2D eigenvalue weighted by Crippen LogP contribution is -2.28. The molecule has 78 valence electrons. The highest BCUT2D eigenvalue weighted by Crippen LogP contribution is 2.12. The summed E-state index contributed by atoms with van der Waals surface area (Å²) in [5, 5.41) is 12.9. The second-order valence-corrected chi connectivity index (χ2v) is 4.40. The van der Waals surface area contributed by atoms with Gasteiger partial charge in [-0.05, 0) is 28.1 Å². The average molecular weight is 259 g/mol. The van der Waals surface area contributed by atoms with Gasteiger partial charge in [-0.15, -0.1) is 0 Å². The second kappa shape index (κ2) is 5.44. The van der Waals surface area contributed by atoms with E-state index in [1.165, 1.54) is 0 Å². The summed E-state index contributed by atoms with van der Waals surface area (Å²) < 4.78 is 0.922. The van der Waals surface area contributed by atoms with E-state index in [1.54, 1.807) is 6.20 Å². The van der Waals surface area contributed by atoms with Crippen molar-refractivity contribution in [3.63, 3.8) is 0 Å². The SMILES string of the molecule is CC(C)NCC(O)c1ccc(Br)cn1. The van der Waals surface area contributed by atoms with Crippen LogP contribution in [0.3, 0.4) is 0 Å². The largest absolute Gasteiger partial charge is 0.385 e. The van der Waals surface area contributed by atoms with Crippen LogP contribution in [0.15, 0.2) is 22.8 Å². The molecule has 0 saturated carbocycles. The van der Waals surface area contributed by atoms with E-state index in [1.807, 2.05) is 26.0 Å². The molecule has 0 bridgehead atoms. The Hall–Kier alpha value is -0.450. The fraction of sp³-hybridized carbons (Fsp3) is 0.500. The van der Waals surface area contributed by atoms with E-state index in [4.69, 9.17) is 0 Å². The molecule has 0 amide bonds. The third kappa shape index (κ3) is 3.74. The molecular formula is C10H15BrN2O. The maximum atomic E-state index is 9.72. The first kappa shape index (κ1) is 11.6. The van der Waals surface area contributed by atoms with Gasteiger partial charge in [0.05, 0.1) is 5.69 Å². The minimum Gasteiger partial charge on any atom is -0.385 e. The van der Waals surface area contributed by atoms with Gasteiger partial charge in [0.2, 0.25) is 0 Å². The molecule has 0 saturated heterocycles. The fourth-order valence-electron chi connectivity index (χ4n) is 1.04. The van der Waals surface area contributed by atoms with Crippen LogP contribution in [-0.4, -0.2) is 22.7 Å². The van der Waals surface area contributed by atoms with E-state index < -0.39 is 6.10 Å². The predicted molar refractivity (Wildman–Crippen MR) is 60.0 cm³/mol. The number of nitrogens with one attached hydrogen (secondary N) is 1. The number of hydrogen-bond acceptors (Lipinski definition) is 3. The van der Waals surface area contributed by atoms with E-state index in [0.29, 0.717) is 18.3 Å². The Morgan fingerprint density at radius 1 is 1.50 bits per heavy atom. The van der Waals surface area contributed by atoms with Crippen LogP contribution in [0, 0.1) is 0 Å². The van der Waals surface area contributed by atoms with Crippen LogP contribution in [0.1, 0.15) is 25.6 Å². The van der Waals surface area contributed by atoms with Crippen molar-refractivity contribution < 1.29 is 5.11 Å². The van der Waals surface area contributed by atoms with Gasteiger partial charge in [-0.2, -0.15) is 0 Å². The van der Waals surface area contributed by atoms with E-state index in [-0.39, 0.29) is 0 Å². The average Bonchev–Trinajstić information content (AvgIpc) is 2.15. The lowest BCUT2D eigenvalue weighted by atomic mass is 10.2. The summed E-state index contributed by atoms with van der Waals surface area (Å²) in [4.78, 5) is 4.12. The first-order valence-corrected chi connectivity index (χ1v) is 5.42. The third-order valence-electron chi connectivity index (χ3n) is 1.81. The van der Waals surface area contributed by atoms with Crippen molar-refractivity contribution in [2.45, 2.75) is 26.0 Å². The van der Waals surface area contributed by atoms with Crippen molar-refractivity contribution in [1.29, 1.82) is 0 Å². The number of halogens is 1. The normalized spacial score (nSPS) is 13.2. The Kier molecular flexibility index (Phi) is 4.51. The van der Waals surface area contributed by atoms with E-state index >= 15 is 0 Å². The molecule has 0 aliphatic rings. The Labute approximate surface area is 92.7 Å². The van der Waals surface area contributed by atoms with Crippen LogP contribution >= 0.6 is 15.9 Å². The third-order valence-corrected chi connectivity index (χ3v) is 2.28. The molecule has 1 atom stereocenters. The highest BCUT2D eigenvalue weighted by atomic mass is 79.9. The quantitative estimate of drug-likeness (QED) is 0.867. The lowest BCUT2D eigenvalue weighted by Gasteiger charge is -2.13. The molecule has 1 aromatic rings. The summed E-state index contributed by atoms with van der Waals surface area (Å²) in [5.41, 5.74) is 0.696. The molecule has 0 spiro atoms. The lowest BCUT2D eigenvalue weighted by molar-refractivity contribution is 0.167. The van der Waals surface area contributed by atoms with Crippen LogP contribution in [-0.2, 0) is 0 Å². The van der Waals surface area contributed by atoms with Crippen LogP contribution < -0.4 is 5.32 Å². The Balaban J connectivity index is 2.52. The van der Waals surface area contributed by atoms with Gasteiger partial charge in [0.1, 0.15) is 6.10 Å². The molecule has 0 radical (unpaired) electrons. The van der Waals surface area contributed by atoms with E-state index in [2.05, 4.69) is 26.2 Å². The van der Waals surface area contributed by atoms with Crippen molar-refractivity contribution in [2.75, 3.05) is 6.54 Å². The predicted octanol–water partition coefficient (Wildman–Crippen LogP) is 1.88. The fourth-order valence-corrected chi connectivity index (χ4v) is 1.27. The summed E-state index contributed by atoms with van der Waals surface area (Å²) in [5.74, 6) is 0. The van der Waals surface area contributed by atoms with Crippen LogP contribution in [0.25, 0.3) is 0 Å². The number of rotatable bonds is 4. The summed E-state index contributed by atoms with van der Waals surface area (Å²) in [6, 6.07) is 4.07. The molecule has 2 N–H and O–H groups in total. The highest BCUT2D eigenvalue weighted by molar-refractivity contribution is 9.10. The second-order valence-electron chi connectivity index (χ2n) is 3.48. The zero-order chi connectivity index (χ0) is 10.6. The first-order chi connectivity index (χ1) is 6.59. The van der Waals surface area contributed by atoms with Crippen molar-refractivity contribution >= 4 is 15.9 Å². The van der Waals surface area contributed by atoms with Gasteiger partial charge in [-0.1, -0.05) is 13.8 Å². The maximum Gasteiger partial charge on any atom is 0.108 e. The van der Waals surface area contributed by atoms with Gasteiger partial charge in [-0.3, -0.25) is 4.98 Å². The first-order valence-electron chi connectivity index (χ1n) is 4.62. The number of aromatic nitrogens is 1. The van der Waals surface area contributed by atoms with Crippen molar-refractivity contribution in [2.24, 2.45) is 0 Å². The molecule has 0 aromatic carbocycles. The minimum atomic E-state index is -0.537. The van der Waals surface area contributed by atoms with Gasteiger partial charge in [0.25, 0.3) is 0 Å². The van der Waals surface area contributed by atoms with Crippen LogP contribution in [0.2, 0.25) is 0 Å². The number of aliphatic hydroxyl groups is 1. The maximum absolute atomic E-state index is 9.72. The number of nitrogens with zero attached hydrogens (tertiary/aromatic N) is 1. The highest BCUT2D eigenvalue weighted by Gasteiger charge is 2.08. The molecule has 1 rings (SSSR count). The van der Waals surface area contributed by atoms with Gasteiger partial charge >= 0.3 is 0 Å². The number of hydrogen-bond donors (Lipinski definition) is 2. The number of aliphatic hydroxyl groups excluding tert-OH is 1. The molecule has 0 aliphatic carbocycles. The van der Waals surface area contributed by atoms with Crippen LogP contribution in [0.5, 0.6) is 0 Å². The molecular weight excluding hydrogens is 244 g/mol. The summed E-state index contributed by atoms with van der Waals surface area (Å²) in [7, 11) is 0. The Bertz CT molecular complexity index is 274. The molecule has 1 unspecified atom stereocenters. The monoisotopic (exact) mass is 258 g/mol. The van der Waals surface area contributed by atoms with E-state index in [0.717, 1.165) is 4.47 Å². The van der Waals surface area contributed by atoms with Crippen molar-refractivity contribution in [3.05, 3.63) is 28.5 Å². The summed E-state index contributed by atoms with van der Waals surface area (Å²) in [6.45, 7) is 4.62. The summed E-state index contributed by atoms with van der Waals surface area (Å²) in [6.07, 6.45) is 1.15. The molecule has 4 heteroatoms. The zero-order valence-corrected chi connectivity index (χ0v) is 9.95. The summed E-state index contributed by atoms with van der Waals surface area (Å²) >= 11 is 3.30. The topological polar surface area (TPSA) is 45.1 Å². The van der Waals surface area contributed by atoms with Crippen LogP contribution in [0.4, 0.5) is 0 Å². The molecule has 0 aliphatic heterocycles. The molecule has 1 aromatic heterocycles. The van der Waals surface area contributed by atoms with Gasteiger partial charge in [0.15, 0.2) is 0 Å². The minimum absolute atomic E-state index is 0.375. The van der Waals surface area contributed by atoms with Gasteiger partial charge in [-0.25, -0.2) is 0 Å². The van der Waals surface area contributed by atoms with Gasteiger partial charge < -0.3 is 10.4 Å². The molecule has 1 heterocycles. The van der Waals surface area contributed by atoms with Crippen molar-refractivity contribution in [3.8, 4) is 0 Å². The number of pyridine rings is 1. The smallest absolute Gasteiger partial charge is 0.108 e. The van der Waals surface area contributed by atoms with E-state index in [9.17, 15) is 5.11 Å². The standard InChI is InChI=1S/C10H15BrN2O/c1-7(2)12-6-10(14)9-4-3-8(11)5-13-9/h3-5,7,10,12,14H,6H2,1-2H3. The molecule has 14 heavy (non-hydrogen) atoms. The van der Waals surface area contributed by atoms with Gasteiger partial charge in [0, 0.05) is 23.3 Å². The zero-order valence-electron chi connectivity index (χ0n) is 8.37. The molecule has 0 fully saturated rings. The van der Waals surface area contributed by atoms with Crippen molar-refractivity contribution in [1.82, 2.24) is 10.3 Å². The molecule has 3 nitrogen and oxygen atoms in total.